The van der Waals surface area contributed by atoms with Crippen LogP contribution in [0.15, 0.2) is 36.5 Å². The Balaban J connectivity index is 1.18. The molecule has 0 bridgehead atoms. The average molecular weight is 523 g/mol. The third-order valence-corrected chi connectivity index (χ3v) is 8.20. The minimum absolute atomic E-state index is 0.147. The molecule has 1 atom stereocenters. The first kappa shape index (κ1) is 26.0. The lowest BCUT2D eigenvalue weighted by Gasteiger charge is -2.34. The van der Waals surface area contributed by atoms with Crippen LogP contribution in [0.25, 0.3) is 10.9 Å². The van der Waals surface area contributed by atoms with Gasteiger partial charge in [-0.1, -0.05) is 25.4 Å². The van der Waals surface area contributed by atoms with Gasteiger partial charge in [0.1, 0.15) is 5.75 Å². The van der Waals surface area contributed by atoms with Gasteiger partial charge in [-0.25, -0.2) is 9.97 Å². The smallest absolute Gasteiger partial charge is 0.227 e. The highest BCUT2D eigenvalue weighted by Crippen LogP contribution is 2.35. The summed E-state index contributed by atoms with van der Waals surface area (Å²) < 4.78 is 0. The predicted octanol–water partition coefficient (Wildman–Crippen LogP) is 5.89. The Hall–Kier alpha value is -2.61. The van der Waals surface area contributed by atoms with Crippen molar-refractivity contribution in [3.63, 3.8) is 0 Å². The molecule has 0 amide bonds. The van der Waals surface area contributed by atoms with Gasteiger partial charge in [0.2, 0.25) is 5.95 Å². The highest BCUT2D eigenvalue weighted by atomic mass is 35.5. The molecule has 1 unspecified atom stereocenters. The Bertz CT molecular complexity index is 1230. The molecule has 1 aromatic heterocycles. The van der Waals surface area contributed by atoms with E-state index >= 15 is 0 Å². The highest BCUT2D eigenvalue weighted by Gasteiger charge is 2.23. The number of piperidine rings is 1. The lowest BCUT2D eigenvalue weighted by molar-refractivity contribution is 0.297. The molecule has 7 nitrogen and oxygen atoms in total. The SMILES string of the molecule is CC(C)c1c(O)ccc2cnc(Nc3ccc(N4CCC(CCCN5CCC(N)C5)CC4)c(Cl)c3)nc12. The fourth-order valence-electron chi connectivity index (χ4n) is 5.84. The molecule has 4 N–H and O–H groups in total. The van der Waals surface area contributed by atoms with Gasteiger partial charge < -0.3 is 26.0 Å². The van der Waals surface area contributed by atoms with Crippen LogP contribution in [0, 0.1) is 5.92 Å². The minimum Gasteiger partial charge on any atom is -0.508 e. The number of aromatic hydroxyl groups is 1. The molecule has 3 heterocycles. The first-order valence-electron chi connectivity index (χ1n) is 13.7. The van der Waals surface area contributed by atoms with E-state index in [0.29, 0.717) is 12.0 Å². The maximum absolute atomic E-state index is 10.4. The fraction of sp³-hybridized carbons (Fsp3) is 0.517. The summed E-state index contributed by atoms with van der Waals surface area (Å²) in [5.74, 6) is 1.70. The topological polar surface area (TPSA) is 90.5 Å². The predicted molar refractivity (Wildman–Crippen MR) is 153 cm³/mol. The molecule has 2 aliphatic heterocycles. The number of hydrogen-bond acceptors (Lipinski definition) is 7. The molecule has 5 rings (SSSR count). The normalized spacial score (nSPS) is 19.3. The number of rotatable bonds is 8. The van der Waals surface area contributed by atoms with Crippen molar-refractivity contribution < 1.29 is 5.11 Å². The Morgan fingerprint density at radius 3 is 2.65 bits per heavy atom. The molecular formula is C29H39ClN6O. The molecule has 8 heteroatoms. The van der Waals surface area contributed by atoms with E-state index in [0.717, 1.165) is 64.8 Å². The van der Waals surface area contributed by atoms with Gasteiger partial charge in [0.05, 0.1) is 16.2 Å². The molecule has 198 valence electrons. The Morgan fingerprint density at radius 2 is 1.95 bits per heavy atom. The number of halogens is 1. The van der Waals surface area contributed by atoms with E-state index in [9.17, 15) is 5.11 Å². The van der Waals surface area contributed by atoms with E-state index in [2.05, 4.69) is 40.0 Å². The third-order valence-electron chi connectivity index (χ3n) is 7.90. The average Bonchev–Trinajstić information content (AvgIpc) is 3.29. The number of nitrogens with two attached hydrogens (primary N) is 1. The maximum atomic E-state index is 10.4. The highest BCUT2D eigenvalue weighted by molar-refractivity contribution is 6.33. The zero-order chi connectivity index (χ0) is 25.9. The zero-order valence-corrected chi connectivity index (χ0v) is 22.7. The molecular weight excluding hydrogens is 484 g/mol. The van der Waals surface area contributed by atoms with Crippen LogP contribution < -0.4 is 16.0 Å². The lowest BCUT2D eigenvalue weighted by atomic mass is 9.92. The molecule has 3 aromatic rings. The van der Waals surface area contributed by atoms with Crippen LogP contribution in [0.3, 0.4) is 0 Å². The molecule has 2 aromatic carbocycles. The zero-order valence-electron chi connectivity index (χ0n) is 22.0. The molecule has 0 radical (unpaired) electrons. The molecule has 37 heavy (non-hydrogen) atoms. The van der Waals surface area contributed by atoms with Gasteiger partial charge in [0.15, 0.2) is 0 Å². The number of benzene rings is 2. The summed E-state index contributed by atoms with van der Waals surface area (Å²) in [4.78, 5) is 14.1. The first-order chi connectivity index (χ1) is 17.9. The fourth-order valence-corrected chi connectivity index (χ4v) is 6.14. The summed E-state index contributed by atoms with van der Waals surface area (Å²) in [6, 6.07) is 10.0. The Labute approximate surface area is 225 Å². The number of likely N-dealkylation sites (tertiary alicyclic amines) is 1. The second-order valence-electron chi connectivity index (χ2n) is 11.0. The second kappa shape index (κ2) is 11.4. The second-order valence-corrected chi connectivity index (χ2v) is 11.4. The number of nitrogens with zero attached hydrogens (tertiary/aromatic N) is 4. The molecule has 2 saturated heterocycles. The number of phenols is 1. The maximum Gasteiger partial charge on any atom is 0.227 e. The standard InChI is InChI=1S/C29H39ClN6O/c1-19(2)27-26(37)8-5-21-17-32-29(34-28(21)27)33-23-6-7-25(24(30)16-23)36-14-9-20(10-15-36)4-3-12-35-13-11-22(31)18-35/h5-8,16-17,19-20,22,37H,3-4,9-15,18,31H2,1-2H3,(H,32,33,34). The summed E-state index contributed by atoms with van der Waals surface area (Å²) in [6.07, 6.45) is 7.94. The van der Waals surface area contributed by atoms with E-state index in [1.165, 1.54) is 38.8 Å². The van der Waals surface area contributed by atoms with Gasteiger partial charge in [-0.2, -0.15) is 0 Å². The number of phenolic OH excluding ortho intramolecular Hbond substituents is 1. The monoisotopic (exact) mass is 522 g/mol. The van der Waals surface area contributed by atoms with Crippen LogP contribution in [-0.2, 0) is 0 Å². The third kappa shape index (κ3) is 6.11. The summed E-state index contributed by atoms with van der Waals surface area (Å²) >= 11 is 6.74. The van der Waals surface area contributed by atoms with Crippen molar-refractivity contribution in [3.8, 4) is 5.75 Å². The van der Waals surface area contributed by atoms with Crippen molar-refractivity contribution in [2.45, 2.75) is 57.9 Å². The van der Waals surface area contributed by atoms with Crippen molar-refractivity contribution in [2.24, 2.45) is 11.7 Å². The molecule has 2 aliphatic rings. The number of aromatic nitrogens is 2. The van der Waals surface area contributed by atoms with Crippen molar-refractivity contribution in [2.75, 3.05) is 42.9 Å². The first-order valence-corrected chi connectivity index (χ1v) is 14.0. The molecule has 0 spiro atoms. The van der Waals surface area contributed by atoms with Gasteiger partial charge in [-0.05, 0) is 87.4 Å². The number of nitrogens with one attached hydrogen (secondary N) is 1. The van der Waals surface area contributed by atoms with E-state index in [-0.39, 0.29) is 11.7 Å². The van der Waals surface area contributed by atoms with E-state index in [1.54, 1.807) is 12.3 Å². The largest absolute Gasteiger partial charge is 0.508 e. The number of fused-ring (bicyclic) bond motifs is 1. The lowest BCUT2D eigenvalue weighted by Crippen LogP contribution is -2.34. The Morgan fingerprint density at radius 1 is 1.14 bits per heavy atom. The van der Waals surface area contributed by atoms with Crippen LogP contribution in [0.5, 0.6) is 5.75 Å². The Kier molecular flexibility index (Phi) is 8.03. The van der Waals surface area contributed by atoms with E-state index < -0.39 is 0 Å². The quantitative estimate of drug-likeness (QED) is 0.340. The van der Waals surface area contributed by atoms with Crippen LogP contribution in [0.1, 0.15) is 57.4 Å². The van der Waals surface area contributed by atoms with Gasteiger partial charge in [0.25, 0.3) is 0 Å². The van der Waals surface area contributed by atoms with Crippen LogP contribution in [0.4, 0.5) is 17.3 Å². The van der Waals surface area contributed by atoms with Crippen molar-refractivity contribution in [1.29, 1.82) is 0 Å². The van der Waals surface area contributed by atoms with E-state index in [1.807, 2.05) is 18.2 Å². The van der Waals surface area contributed by atoms with Gasteiger partial charge in [-0.15, -0.1) is 0 Å². The summed E-state index contributed by atoms with van der Waals surface area (Å²) in [5, 5.41) is 15.3. The van der Waals surface area contributed by atoms with Crippen molar-refractivity contribution in [1.82, 2.24) is 14.9 Å². The van der Waals surface area contributed by atoms with Crippen LogP contribution in [-0.4, -0.2) is 58.7 Å². The summed E-state index contributed by atoms with van der Waals surface area (Å²) in [7, 11) is 0. The van der Waals surface area contributed by atoms with Crippen LogP contribution >= 0.6 is 11.6 Å². The van der Waals surface area contributed by atoms with Gasteiger partial charge in [-0.3, -0.25) is 0 Å². The van der Waals surface area contributed by atoms with Gasteiger partial charge >= 0.3 is 0 Å². The van der Waals surface area contributed by atoms with E-state index in [4.69, 9.17) is 22.3 Å². The van der Waals surface area contributed by atoms with Crippen molar-refractivity contribution in [3.05, 3.63) is 47.1 Å². The van der Waals surface area contributed by atoms with Gasteiger partial charge in [0, 0.05) is 48.5 Å². The summed E-state index contributed by atoms with van der Waals surface area (Å²) in [6.45, 7) is 9.61. The van der Waals surface area contributed by atoms with Crippen LogP contribution in [0.2, 0.25) is 5.02 Å². The number of hydrogen-bond donors (Lipinski definition) is 3. The summed E-state index contributed by atoms with van der Waals surface area (Å²) in [5.41, 5.74) is 9.56. The molecule has 2 fully saturated rings. The van der Waals surface area contributed by atoms with Crippen molar-refractivity contribution >= 4 is 39.8 Å². The minimum atomic E-state index is 0.147. The number of anilines is 3. The molecule has 0 saturated carbocycles. The molecule has 0 aliphatic carbocycles.